The fourth-order valence-corrected chi connectivity index (χ4v) is 5.85. The number of likely N-dealkylation sites (N-methyl/N-ethyl adjacent to an activating group) is 1. The van der Waals surface area contributed by atoms with Crippen molar-refractivity contribution in [2.75, 3.05) is 39.8 Å². The van der Waals surface area contributed by atoms with E-state index >= 15 is 4.39 Å². The number of hydrogen-bond acceptors (Lipinski definition) is 8. The Kier molecular flexibility index (Phi) is 21.2. The summed E-state index contributed by atoms with van der Waals surface area (Å²) in [5.41, 5.74) is -4.08. The van der Waals surface area contributed by atoms with Gasteiger partial charge in [0, 0.05) is 44.9 Å². The molecule has 0 spiro atoms. The Balaban J connectivity index is 1.52. The van der Waals surface area contributed by atoms with Gasteiger partial charge in [0.15, 0.2) is 11.9 Å². The van der Waals surface area contributed by atoms with Crippen molar-refractivity contribution in [2.24, 2.45) is 0 Å². The van der Waals surface area contributed by atoms with Crippen LogP contribution >= 0.6 is 7.75 Å². The predicted octanol–water partition coefficient (Wildman–Crippen LogP) is 4.76. The number of aromatic nitrogens is 2. The zero-order valence-corrected chi connectivity index (χ0v) is 31.5. The smallest absolute Gasteiger partial charge is 0.387 e. The third-order valence-electron chi connectivity index (χ3n) is 8.03. The molecule has 1 aromatic rings. The highest BCUT2D eigenvalue weighted by molar-refractivity contribution is 7.50. The molecule has 15 heteroatoms. The number of aliphatic hydroxyl groups is 1. The normalized spacial score (nSPS) is 22.4. The molecular weight excluding hydrogens is 692 g/mol. The van der Waals surface area contributed by atoms with Crippen molar-refractivity contribution < 1.29 is 33.0 Å². The summed E-state index contributed by atoms with van der Waals surface area (Å²) in [6, 6.07) is 1.00. The number of amides is 1. The van der Waals surface area contributed by atoms with Crippen LogP contribution < -0.4 is 21.9 Å². The molecule has 290 valence electrons. The monoisotopic (exact) mass is 749 g/mol. The van der Waals surface area contributed by atoms with Crippen LogP contribution in [0.2, 0.25) is 0 Å². The topological polar surface area (TPSA) is 175 Å². The number of H-pyrrole nitrogens is 1. The summed E-state index contributed by atoms with van der Waals surface area (Å²) in [5, 5.41) is 16.4. The first kappa shape index (κ1) is 44.7. The molecular formula is C37H57FN5O8P. The van der Waals surface area contributed by atoms with Crippen molar-refractivity contribution in [3.05, 3.63) is 106 Å². The van der Waals surface area contributed by atoms with E-state index in [2.05, 4.69) is 78.3 Å². The van der Waals surface area contributed by atoms with Gasteiger partial charge in [-0.15, -0.1) is 0 Å². The van der Waals surface area contributed by atoms with Crippen LogP contribution in [0.25, 0.3) is 0 Å². The Morgan fingerprint density at radius 1 is 1.00 bits per heavy atom. The molecule has 0 saturated carbocycles. The molecule has 0 bridgehead atoms. The van der Waals surface area contributed by atoms with Crippen molar-refractivity contribution in [1.29, 1.82) is 0 Å². The maximum atomic E-state index is 15.3. The minimum Gasteiger partial charge on any atom is -0.387 e. The number of ether oxygens (including phenoxy) is 1. The molecule has 5 N–H and O–H groups in total. The number of halogens is 1. The highest BCUT2D eigenvalue weighted by Crippen LogP contribution is 2.47. The van der Waals surface area contributed by atoms with Gasteiger partial charge < -0.3 is 25.4 Å². The van der Waals surface area contributed by atoms with E-state index in [0.717, 1.165) is 66.9 Å². The molecule has 0 aromatic carbocycles. The maximum absolute atomic E-state index is 15.3. The zero-order valence-electron chi connectivity index (χ0n) is 30.6. The average Bonchev–Trinajstić information content (AvgIpc) is 3.33. The number of aliphatic hydroxyl groups excluding tert-OH is 1. The summed E-state index contributed by atoms with van der Waals surface area (Å²) < 4.78 is 40.5. The molecule has 1 aliphatic heterocycles. The molecule has 1 saturated heterocycles. The number of nitrogens with one attached hydrogen (secondary N) is 3. The van der Waals surface area contributed by atoms with Gasteiger partial charge >= 0.3 is 13.4 Å². The number of aromatic amines is 1. The van der Waals surface area contributed by atoms with E-state index in [1.54, 1.807) is 0 Å². The second-order valence-corrected chi connectivity index (χ2v) is 14.3. The number of carbonyl (C=O) groups excluding carboxylic acids is 1. The molecule has 2 heterocycles. The number of rotatable bonds is 25. The lowest BCUT2D eigenvalue weighted by atomic mass is 9.98. The van der Waals surface area contributed by atoms with Crippen molar-refractivity contribution in [3.63, 3.8) is 0 Å². The van der Waals surface area contributed by atoms with E-state index < -0.39 is 49.7 Å². The van der Waals surface area contributed by atoms with Crippen LogP contribution in [0.3, 0.4) is 0 Å². The SMILES string of the molecule is CCC=CCC=CCC=CCC=CCC=CCC=CCCC(=O)NCCNCCN(C)P(=O)(O)OC[C@H]1O[C@@H](n2ccc(=O)[nH]c2=O)[C@](C)(F)[C@@H]1O. The van der Waals surface area contributed by atoms with E-state index in [-0.39, 0.29) is 12.5 Å². The van der Waals surface area contributed by atoms with Crippen LogP contribution in [0, 0.1) is 0 Å². The molecule has 5 atom stereocenters. The van der Waals surface area contributed by atoms with E-state index in [0.29, 0.717) is 32.5 Å². The predicted molar refractivity (Wildman–Crippen MR) is 202 cm³/mol. The highest BCUT2D eigenvalue weighted by atomic mass is 31.2. The molecule has 1 amide bonds. The van der Waals surface area contributed by atoms with Gasteiger partial charge in [-0.2, -0.15) is 0 Å². The molecule has 2 rings (SSSR count). The lowest BCUT2D eigenvalue weighted by molar-refractivity contribution is -0.120. The molecule has 0 radical (unpaired) electrons. The van der Waals surface area contributed by atoms with Crippen molar-refractivity contribution in [3.8, 4) is 0 Å². The second-order valence-electron chi connectivity index (χ2n) is 12.4. The zero-order chi connectivity index (χ0) is 38.2. The first-order valence-electron chi connectivity index (χ1n) is 17.8. The molecule has 0 aliphatic carbocycles. The van der Waals surface area contributed by atoms with E-state index in [1.807, 2.05) is 17.1 Å². The first-order chi connectivity index (χ1) is 24.9. The minimum atomic E-state index is -4.35. The van der Waals surface area contributed by atoms with E-state index in [1.165, 1.54) is 7.05 Å². The number of carbonyl (C=O) groups is 1. The molecule has 1 aromatic heterocycles. The fraction of sp³-hybridized carbons (Fsp3) is 0.541. The summed E-state index contributed by atoms with van der Waals surface area (Å²) in [4.78, 5) is 47.9. The first-order valence-corrected chi connectivity index (χ1v) is 19.3. The van der Waals surface area contributed by atoms with Gasteiger partial charge in [-0.3, -0.25) is 23.7 Å². The second kappa shape index (κ2) is 24.7. The Morgan fingerprint density at radius 2 is 1.56 bits per heavy atom. The van der Waals surface area contributed by atoms with Crippen LogP contribution in [-0.4, -0.2) is 87.8 Å². The van der Waals surface area contributed by atoms with E-state index in [4.69, 9.17) is 9.26 Å². The summed E-state index contributed by atoms with van der Waals surface area (Å²) in [6.07, 6.45) is 28.6. The Labute approximate surface area is 306 Å². The van der Waals surface area contributed by atoms with Crippen LogP contribution in [0.5, 0.6) is 0 Å². The number of hydrogen-bond donors (Lipinski definition) is 5. The molecule has 1 aliphatic rings. The van der Waals surface area contributed by atoms with Gasteiger partial charge in [-0.25, -0.2) is 18.4 Å². The van der Waals surface area contributed by atoms with Gasteiger partial charge in [0.2, 0.25) is 5.91 Å². The van der Waals surface area contributed by atoms with Gasteiger partial charge in [-0.05, 0) is 58.9 Å². The molecule has 1 unspecified atom stereocenters. The number of alkyl halides is 1. The summed E-state index contributed by atoms with van der Waals surface area (Å²) in [6.45, 7) is 3.76. The largest absolute Gasteiger partial charge is 0.405 e. The Hall–Kier alpha value is -3.49. The molecule has 1 fully saturated rings. The van der Waals surface area contributed by atoms with Crippen molar-refractivity contribution >= 4 is 13.7 Å². The molecule has 13 nitrogen and oxygen atoms in total. The number of allylic oxidation sites excluding steroid dienone is 12. The standard InChI is InChI=1S/C37H57FN5O8P/c1-4-5-6-7-8-9-10-11-12-13-14-15-16-17-18-19-20-21-22-23-32(44)40-26-25-39-27-29-42(3)52(48,49)50-30-31-34(46)37(2,38)35(51-31)43-28-24-33(45)41-36(43)47/h5-6,8-9,11-12,14-15,17-18,20-21,24,28,31,34-35,39,46H,4,7,10,13,16,19,22-23,25-27,29-30H2,1-3H3,(H,40,44)(H,48,49)(H,41,45,47)/t31-,34-,35-,37-/m1/s1. The lowest BCUT2D eigenvalue weighted by Crippen LogP contribution is -2.43. The third-order valence-corrected chi connectivity index (χ3v) is 9.58. The number of nitrogens with zero attached hydrogens (tertiary/aromatic N) is 2. The Bertz CT molecular complexity index is 1550. The quantitative estimate of drug-likeness (QED) is 0.0533. The summed E-state index contributed by atoms with van der Waals surface area (Å²) >= 11 is 0. The average molecular weight is 750 g/mol. The Morgan fingerprint density at radius 3 is 2.12 bits per heavy atom. The third kappa shape index (κ3) is 16.9. The lowest BCUT2D eigenvalue weighted by Gasteiger charge is -2.25. The van der Waals surface area contributed by atoms with Gasteiger partial charge in [0.25, 0.3) is 5.56 Å². The maximum Gasteiger partial charge on any atom is 0.405 e. The summed E-state index contributed by atoms with van der Waals surface area (Å²) in [5.74, 6) is -0.0694. The highest BCUT2D eigenvalue weighted by Gasteiger charge is 2.55. The van der Waals surface area contributed by atoms with Crippen LogP contribution in [0.1, 0.15) is 71.4 Å². The van der Waals surface area contributed by atoms with Crippen molar-refractivity contribution in [2.45, 2.75) is 89.3 Å². The summed E-state index contributed by atoms with van der Waals surface area (Å²) in [7, 11) is -2.98. The minimum absolute atomic E-state index is 0.0694. The van der Waals surface area contributed by atoms with Crippen LogP contribution in [-0.2, 0) is 18.6 Å². The van der Waals surface area contributed by atoms with Crippen molar-refractivity contribution in [1.82, 2.24) is 24.9 Å². The van der Waals surface area contributed by atoms with E-state index in [9.17, 15) is 28.9 Å². The van der Waals surface area contributed by atoms with Crippen LogP contribution in [0.15, 0.2) is 94.8 Å². The molecule has 52 heavy (non-hydrogen) atoms. The van der Waals surface area contributed by atoms with Crippen LogP contribution in [0.4, 0.5) is 4.39 Å². The van der Waals surface area contributed by atoms with Gasteiger partial charge in [0.05, 0.1) is 6.61 Å². The fourth-order valence-electron chi connectivity index (χ4n) is 4.96. The van der Waals surface area contributed by atoms with Gasteiger partial charge in [-0.1, -0.05) is 79.8 Å². The van der Waals surface area contributed by atoms with Gasteiger partial charge in [0.1, 0.15) is 12.2 Å².